The van der Waals surface area contributed by atoms with E-state index >= 15 is 0 Å². The number of fused-ring (bicyclic) bond motifs is 1. The number of nitrogens with zero attached hydrogens (tertiary/aromatic N) is 4. The molecule has 8 nitrogen and oxygen atoms in total. The van der Waals surface area contributed by atoms with E-state index in [4.69, 9.17) is 4.98 Å². The van der Waals surface area contributed by atoms with Crippen molar-refractivity contribution in [2.24, 2.45) is 0 Å². The fourth-order valence-electron chi connectivity index (χ4n) is 4.53. The van der Waals surface area contributed by atoms with Crippen LogP contribution in [0, 0.1) is 0 Å². The van der Waals surface area contributed by atoms with E-state index in [1.807, 2.05) is 31.0 Å². The molecular weight excluding hydrogens is 404 g/mol. The minimum Gasteiger partial charge on any atom is -0.370 e. The summed E-state index contributed by atoms with van der Waals surface area (Å²) in [5, 5.41) is 6.40. The lowest BCUT2D eigenvalue weighted by Crippen LogP contribution is -2.43. The Kier molecular flexibility index (Phi) is 6.99. The van der Waals surface area contributed by atoms with Crippen LogP contribution in [-0.4, -0.2) is 64.3 Å². The fourth-order valence-corrected chi connectivity index (χ4v) is 4.53. The number of carbonyl (C=O) groups is 2. The molecule has 0 spiro atoms. The quantitative estimate of drug-likeness (QED) is 0.659. The summed E-state index contributed by atoms with van der Waals surface area (Å²) in [6.45, 7) is 4.25. The lowest BCUT2D eigenvalue weighted by molar-refractivity contribution is -0.136. The van der Waals surface area contributed by atoms with Gasteiger partial charge in [-0.3, -0.25) is 19.5 Å². The van der Waals surface area contributed by atoms with E-state index in [0.29, 0.717) is 19.5 Å². The van der Waals surface area contributed by atoms with Gasteiger partial charge >= 0.3 is 0 Å². The molecule has 2 N–H and O–H groups in total. The first kappa shape index (κ1) is 22.2. The summed E-state index contributed by atoms with van der Waals surface area (Å²) >= 11 is 0. The van der Waals surface area contributed by atoms with Gasteiger partial charge in [-0.2, -0.15) is 0 Å². The third-order valence-corrected chi connectivity index (χ3v) is 6.33. The number of amides is 2. The van der Waals surface area contributed by atoms with Crippen LogP contribution in [0.4, 0.5) is 5.82 Å². The molecule has 2 atom stereocenters. The first-order valence-corrected chi connectivity index (χ1v) is 11.5. The second kappa shape index (κ2) is 10.1. The van der Waals surface area contributed by atoms with Gasteiger partial charge in [-0.25, -0.2) is 4.98 Å². The van der Waals surface area contributed by atoms with Gasteiger partial charge in [0, 0.05) is 32.0 Å². The summed E-state index contributed by atoms with van der Waals surface area (Å²) in [5.41, 5.74) is 3.18. The predicted molar refractivity (Wildman–Crippen MR) is 123 cm³/mol. The molecule has 2 aromatic rings. The van der Waals surface area contributed by atoms with Gasteiger partial charge in [0.1, 0.15) is 5.82 Å². The van der Waals surface area contributed by atoms with Gasteiger partial charge in [-0.05, 0) is 56.0 Å². The maximum absolute atomic E-state index is 13.0. The Morgan fingerprint density at radius 3 is 3.03 bits per heavy atom. The van der Waals surface area contributed by atoms with Crippen LogP contribution in [-0.2, 0) is 22.6 Å². The fraction of sp³-hybridized carbons (Fsp3) is 0.500. The number of nitrogens with one attached hydrogen (secondary N) is 2. The van der Waals surface area contributed by atoms with E-state index in [1.165, 1.54) is 5.56 Å². The van der Waals surface area contributed by atoms with Crippen molar-refractivity contribution in [2.75, 3.05) is 32.0 Å². The van der Waals surface area contributed by atoms with Gasteiger partial charge in [-0.15, -0.1) is 0 Å². The molecular formula is C24H32N6O2. The molecule has 0 bridgehead atoms. The largest absolute Gasteiger partial charge is 0.370 e. The molecule has 0 unspecified atom stereocenters. The van der Waals surface area contributed by atoms with Crippen LogP contribution in [0.25, 0.3) is 0 Å². The number of pyridine rings is 2. The molecule has 1 fully saturated rings. The van der Waals surface area contributed by atoms with E-state index in [1.54, 1.807) is 17.3 Å². The first-order valence-electron chi connectivity index (χ1n) is 11.5. The Balaban J connectivity index is 1.31. The molecule has 170 valence electrons. The van der Waals surface area contributed by atoms with Crippen molar-refractivity contribution in [1.29, 1.82) is 0 Å². The maximum atomic E-state index is 13.0. The molecule has 32 heavy (non-hydrogen) atoms. The maximum Gasteiger partial charge on any atom is 0.240 e. The smallest absolute Gasteiger partial charge is 0.240 e. The summed E-state index contributed by atoms with van der Waals surface area (Å²) in [6, 6.07) is 7.68. The average Bonchev–Trinajstić information content (AvgIpc) is 3.18. The Bertz CT molecular complexity index is 951. The van der Waals surface area contributed by atoms with Crippen LogP contribution < -0.4 is 10.6 Å². The van der Waals surface area contributed by atoms with Crippen LogP contribution >= 0.6 is 0 Å². The van der Waals surface area contributed by atoms with Crippen molar-refractivity contribution in [1.82, 2.24) is 25.1 Å². The number of rotatable bonds is 8. The highest BCUT2D eigenvalue weighted by Crippen LogP contribution is 2.22. The highest BCUT2D eigenvalue weighted by atomic mass is 16.2. The zero-order valence-electron chi connectivity index (χ0n) is 18.9. The van der Waals surface area contributed by atoms with Crippen molar-refractivity contribution in [3.8, 4) is 0 Å². The van der Waals surface area contributed by atoms with Crippen LogP contribution in [0.15, 0.2) is 36.7 Å². The summed E-state index contributed by atoms with van der Waals surface area (Å²) in [4.78, 5) is 38.2. The molecule has 4 rings (SSSR count). The van der Waals surface area contributed by atoms with Crippen LogP contribution in [0.1, 0.15) is 49.0 Å². The highest BCUT2D eigenvalue weighted by Gasteiger charge is 2.35. The minimum absolute atomic E-state index is 0.00756. The normalized spacial score (nSPS) is 18.9. The van der Waals surface area contributed by atoms with Crippen molar-refractivity contribution in [3.05, 3.63) is 53.5 Å². The zero-order chi connectivity index (χ0) is 22.5. The molecule has 2 amide bonds. The minimum atomic E-state index is -0.228. The zero-order valence-corrected chi connectivity index (χ0v) is 18.9. The van der Waals surface area contributed by atoms with Crippen molar-refractivity contribution in [2.45, 2.75) is 51.2 Å². The third kappa shape index (κ3) is 5.07. The number of likely N-dealkylation sites (N-methyl/N-ethyl adjacent to an activating group) is 1. The lowest BCUT2D eigenvalue weighted by atomic mass is 10.1. The number of aryl methyl sites for hydroxylation is 1. The molecule has 0 aliphatic carbocycles. The number of aromatic nitrogens is 2. The molecule has 4 heterocycles. The first-order chi connectivity index (χ1) is 15.5. The number of likely N-dealkylation sites (tertiary alicyclic amines) is 1. The second-order valence-electron chi connectivity index (χ2n) is 8.63. The number of hydrogen-bond donors (Lipinski definition) is 2. The summed E-state index contributed by atoms with van der Waals surface area (Å²) in [6.07, 6.45) is 7.15. The SMILES string of the molecule is CC[C@H](NC(=O)CN1CC[C@H](N(C)Cc2ccc3c(n2)NCCC3)C1=O)c1cccnc1. The topological polar surface area (TPSA) is 90.5 Å². The summed E-state index contributed by atoms with van der Waals surface area (Å²) < 4.78 is 0. The number of anilines is 1. The van der Waals surface area contributed by atoms with E-state index in [2.05, 4.69) is 27.8 Å². The van der Waals surface area contributed by atoms with Crippen molar-refractivity contribution >= 4 is 17.6 Å². The van der Waals surface area contributed by atoms with Crippen molar-refractivity contribution in [3.63, 3.8) is 0 Å². The highest BCUT2D eigenvalue weighted by molar-refractivity contribution is 5.89. The van der Waals surface area contributed by atoms with E-state index in [9.17, 15) is 9.59 Å². The molecule has 2 aliphatic heterocycles. The average molecular weight is 437 g/mol. The van der Waals surface area contributed by atoms with Gasteiger partial charge in [0.15, 0.2) is 0 Å². The Morgan fingerprint density at radius 1 is 1.38 bits per heavy atom. The molecule has 0 saturated carbocycles. The lowest BCUT2D eigenvalue weighted by Gasteiger charge is -2.25. The van der Waals surface area contributed by atoms with Gasteiger partial charge in [-0.1, -0.05) is 19.1 Å². The monoisotopic (exact) mass is 436 g/mol. The predicted octanol–water partition coefficient (Wildman–Crippen LogP) is 2.13. The van der Waals surface area contributed by atoms with Crippen LogP contribution in [0.5, 0.6) is 0 Å². The van der Waals surface area contributed by atoms with Gasteiger partial charge in [0.05, 0.1) is 24.3 Å². The Hall–Kier alpha value is -3.00. The van der Waals surface area contributed by atoms with Gasteiger partial charge in [0.25, 0.3) is 0 Å². The standard InChI is InChI=1S/C24H32N6O2/c1-3-20(18-7-4-11-25-14-18)28-22(31)16-30-13-10-21(24(30)32)29(2)15-19-9-8-17-6-5-12-26-23(17)27-19/h4,7-9,11,14,20-21H,3,5-6,10,12-13,15-16H2,1-2H3,(H,26,27)(H,28,31)/t20-,21-/m0/s1. The molecule has 2 aliphatic rings. The Labute approximate surface area is 189 Å². The van der Waals surface area contributed by atoms with Gasteiger partial charge in [0.2, 0.25) is 11.8 Å². The Morgan fingerprint density at radius 2 is 2.25 bits per heavy atom. The second-order valence-corrected chi connectivity index (χ2v) is 8.63. The van der Waals surface area contributed by atoms with E-state index < -0.39 is 0 Å². The summed E-state index contributed by atoms with van der Waals surface area (Å²) in [7, 11) is 1.95. The molecule has 0 aromatic carbocycles. The van der Waals surface area contributed by atoms with E-state index in [-0.39, 0.29) is 30.4 Å². The molecule has 0 radical (unpaired) electrons. The van der Waals surface area contributed by atoms with E-state index in [0.717, 1.165) is 42.9 Å². The molecule has 1 saturated heterocycles. The molecule has 2 aromatic heterocycles. The van der Waals surface area contributed by atoms with Gasteiger partial charge < -0.3 is 15.5 Å². The van der Waals surface area contributed by atoms with Crippen LogP contribution in [0.3, 0.4) is 0 Å². The van der Waals surface area contributed by atoms with Crippen molar-refractivity contribution < 1.29 is 9.59 Å². The van der Waals surface area contributed by atoms with Crippen LogP contribution in [0.2, 0.25) is 0 Å². The number of carbonyl (C=O) groups excluding carboxylic acids is 2. The third-order valence-electron chi connectivity index (χ3n) is 6.33. The molecule has 8 heteroatoms. The summed E-state index contributed by atoms with van der Waals surface area (Å²) in [5.74, 6) is 0.838. The number of hydrogen-bond acceptors (Lipinski definition) is 6.